The van der Waals surface area contributed by atoms with Crippen molar-refractivity contribution in [3.05, 3.63) is 93.9 Å². The van der Waals surface area contributed by atoms with Gasteiger partial charge in [0.15, 0.2) is 18.1 Å². The highest BCUT2D eigenvalue weighted by molar-refractivity contribution is 6.10. The van der Waals surface area contributed by atoms with Gasteiger partial charge in [-0.25, -0.2) is 4.79 Å². The van der Waals surface area contributed by atoms with Crippen LogP contribution >= 0.6 is 0 Å². The van der Waals surface area contributed by atoms with Crippen molar-refractivity contribution < 1.29 is 33.4 Å². The fourth-order valence-electron chi connectivity index (χ4n) is 4.03. The average molecular weight is 545 g/mol. The highest BCUT2D eigenvalue weighted by atomic mass is 16.5. The molecule has 206 valence electrons. The molecule has 0 atom stereocenters. The van der Waals surface area contributed by atoms with Gasteiger partial charge in [-0.1, -0.05) is 23.4 Å². The number of hydrogen-bond acceptors (Lipinski definition) is 9. The van der Waals surface area contributed by atoms with Gasteiger partial charge in [0.1, 0.15) is 17.0 Å². The Bertz CT molecular complexity index is 1610. The summed E-state index contributed by atoms with van der Waals surface area (Å²) >= 11 is 0. The van der Waals surface area contributed by atoms with Crippen molar-refractivity contribution in [3.8, 4) is 23.0 Å². The largest absolute Gasteiger partial charge is 0.493 e. The lowest BCUT2D eigenvalue weighted by atomic mass is 10.1. The summed E-state index contributed by atoms with van der Waals surface area (Å²) in [6, 6.07) is 16.8. The number of aryl methyl sites for hydroxylation is 1. The van der Waals surface area contributed by atoms with Gasteiger partial charge in [-0.2, -0.15) is 0 Å². The Kier molecular flexibility index (Phi) is 8.70. The van der Waals surface area contributed by atoms with Crippen molar-refractivity contribution in [2.75, 3.05) is 33.3 Å². The van der Waals surface area contributed by atoms with Crippen LogP contribution in [0.5, 0.6) is 23.0 Å². The lowest BCUT2D eigenvalue weighted by Crippen LogP contribution is -2.20. The lowest BCUT2D eigenvalue weighted by Gasteiger charge is -2.12. The predicted octanol–water partition coefficient (Wildman–Crippen LogP) is 5.04. The molecule has 0 saturated heterocycles. The van der Waals surface area contributed by atoms with E-state index in [0.29, 0.717) is 45.5 Å². The van der Waals surface area contributed by atoms with Crippen LogP contribution in [-0.4, -0.2) is 44.8 Å². The summed E-state index contributed by atoms with van der Waals surface area (Å²) < 4.78 is 26.9. The Hall–Kier alpha value is -5.25. The molecule has 0 bridgehead atoms. The molecule has 2 N–H and O–H groups in total. The Morgan fingerprint density at radius 1 is 0.975 bits per heavy atom. The molecule has 1 aromatic heterocycles. The van der Waals surface area contributed by atoms with Crippen LogP contribution in [-0.2, 0) is 4.79 Å². The van der Waals surface area contributed by atoms with Crippen molar-refractivity contribution in [2.24, 2.45) is 5.16 Å². The fourth-order valence-corrected chi connectivity index (χ4v) is 4.03. The molecule has 4 aromatic rings. The second kappa shape index (κ2) is 12.5. The first-order chi connectivity index (χ1) is 19.3. The van der Waals surface area contributed by atoms with Crippen molar-refractivity contribution in [1.29, 1.82) is 0 Å². The number of rotatable bonds is 10. The first-order valence-electron chi connectivity index (χ1n) is 12.1. The number of methoxy groups -OCH3 is 3. The van der Waals surface area contributed by atoms with Gasteiger partial charge in [0.05, 0.1) is 21.3 Å². The molecular formula is C30H28N2O8. The molecule has 4 rings (SSSR count). The molecule has 0 radical (unpaired) electrons. The molecule has 10 heteroatoms. The zero-order valence-electron chi connectivity index (χ0n) is 22.4. The number of allylic oxidation sites excluding steroid dienone is 1. The molecule has 0 spiro atoms. The number of nitrogens with zero attached hydrogens (tertiary/aromatic N) is 1. The molecule has 40 heavy (non-hydrogen) atoms. The van der Waals surface area contributed by atoms with Gasteiger partial charge in [-0.15, -0.1) is 0 Å². The standard InChI is InChI=1S/C30H28N2O8/c1-18-13-29(34)40-25-16-22(10-11-23(18)25)39-17-28(33)31-21-8-6-20(7-9-21)24(32-35)12-5-19-14-26(36-2)30(38-4)27(15-19)37-3/h5-16,35H,17H2,1-4H3,(H,31,33). The van der Waals surface area contributed by atoms with Crippen LogP contribution in [0, 0.1) is 6.92 Å². The summed E-state index contributed by atoms with van der Waals surface area (Å²) in [6.45, 7) is 1.57. The molecule has 10 nitrogen and oxygen atoms in total. The Balaban J connectivity index is 1.39. The lowest BCUT2D eigenvalue weighted by molar-refractivity contribution is -0.118. The minimum absolute atomic E-state index is 0.246. The van der Waals surface area contributed by atoms with Crippen molar-refractivity contribution in [1.82, 2.24) is 0 Å². The van der Waals surface area contributed by atoms with Crippen LogP contribution in [0.4, 0.5) is 5.69 Å². The summed E-state index contributed by atoms with van der Waals surface area (Å²) in [7, 11) is 4.59. The van der Waals surface area contributed by atoms with E-state index < -0.39 is 5.63 Å². The maximum absolute atomic E-state index is 12.4. The van der Waals surface area contributed by atoms with Crippen molar-refractivity contribution in [2.45, 2.75) is 6.92 Å². The first kappa shape index (κ1) is 27.8. The van der Waals surface area contributed by atoms with E-state index in [9.17, 15) is 14.8 Å². The number of anilines is 1. The average Bonchev–Trinajstić information content (AvgIpc) is 2.96. The van der Waals surface area contributed by atoms with E-state index in [1.807, 2.05) is 6.92 Å². The Morgan fingerprint density at radius 3 is 2.30 bits per heavy atom. The molecule has 3 aromatic carbocycles. The van der Waals surface area contributed by atoms with Crippen molar-refractivity contribution >= 4 is 34.4 Å². The minimum Gasteiger partial charge on any atom is -0.493 e. The monoisotopic (exact) mass is 544 g/mol. The van der Waals surface area contributed by atoms with Crippen LogP contribution < -0.4 is 29.9 Å². The van der Waals surface area contributed by atoms with Crippen LogP contribution in [0.2, 0.25) is 0 Å². The van der Waals surface area contributed by atoms with Gasteiger partial charge in [-0.05, 0) is 60.5 Å². The summed E-state index contributed by atoms with van der Waals surface area (Å²) in [4.78, 5) is 24.1. The van der Waals surface area contributed by atoms with E-state index in [4.69, 9.17) is 23.4 Å². The highest BCUT2D eigenvalue weighted by Gasteiger charge is 2.13. The molecule has 0 fully saturated rings. The minimum atomic E-state index is -0.450. The van der Waals surface area contributed by atoms with Gasteiger partial charge < -0.3 is 33.9 Å². The second-order valence-corrected chi connectivity index (χ2v) is 8.60. The maximum Gasteiger partial charge on any atom is 0.336 e. The number of carbonyl (C=O) groups excluding carboxylic acids is 1. The summed E-state index contributed by atoms with van der Waals surface area (Å²) in [6.07, 6.45) is 3.38. The predicted molar refractivity (Wildman–Crippen MR) is 151 cm³/mol. The van der Waals surface area contributed by atoms with Gasteiger partial charge in [0.25, 0.3) is 5.91 Å². The maximum atomic E-state index is 12.4. The number of benzene rings is 3. The number of carbonyl (C=O) groups is 1. The van der Waals surface area contributed by atoms with Crippen LogP contribution in [0.1, 0.15) is 16.7 Å². The molecule has 0 aliphatic heterocycles. The Morgan fingerprint density at radius 2 is 1.68 bits per heavy atom. The molecular weight excluding hydrogens is 516 g/mol. The van der Waals surface area contributed by atoms with Crippen molar-refractivity contribution in [3.63, 3.8) is 0 Å². The highest BCUT2D eigenvalue weighted by Crippen LogP contribution is 2.38. The smallest absolute Gasteiger partial charge is 0.336 e. The molecule has 0 aliphatic rings. The van der Waals surface area contributed by atoms with E-state index in [1.165, 1.54) is 27.4 Å². The third kappa shape index (κ3) is 6.41. The number of ether oxygens (including phenoxy) is 4. The van der Waals surface area contributed by atoms with E-state index in [0.717, 1.165) is 16.5 Å². The number of oxime groups is 1. The molecule has 0 saturated carbocycles. The van der Waals surface area contributed by atoms with E-state index in [-0.39, 0.29) is 12.5 Å². The number of hydrogen-bond donors (Lipinski definition) is 2. The van der Waals surface area contributed by atoms with E-state index >= 15 is 0 Å². The molecule has 0 aliphatic carbocycles. The van der Waals surface area contributed by atoms with Gasteiger partial charge in [0, 0.05) is 28.8 Å². The number of nitrogens with one attached hydrogen (secondary N) is 1. The van der Waals surface area contributed by atoms with Gasteiger partial charge >= 0.3 is 5.63 Å². The topological polar surface area (TPSA) is 129 Å². The molecule has 0 unspecified atom stereocenters. The number of amides is 1. The van der Waals surface area contributed by atoms with E-state index in [2.05, 4.69) is 10.5 Å². The van der Waals surface area contributed by atoms with Gasteiger partial charge in [-0.3, -0.25) is 4.79 Å². The van der Waals surface area contributed by atoms with E-state index in [1.54, 1.807) is 66.7 Å². The molecule has 1 amide bonds. The molecule has 1 heterocycles. The summed E-state index contributed by atoms with van der Waals surface area (Å²) in [5, 5.41) is 16.5. The second-order valence-electron chi connectivity index (χ2n) is 8.60. The zero-order chi connectivity index (χ0) is 28.6. The summed E-state index contributed by atoms with van der Waals surface area (Å²) in [5.74, 6) is 1.49. The van der Waals surface area contributed by atoms with Crippen LogP contribution in [0.3, 0.4) is 0 Å². The quantitative estimate of drug-likeness (QED) is 0.123. The van der Waals surface area contributed by atoms with Crippen LogP contribution in [0.15, 0.2) is 81.1 Å². The van der Waals surface area contributed by atoms with Gasteiger partial charge in [0.2, 0.25) is 5.75 Å². The third-order valence-corrected chi connectivity index (χ3v) is 5.99. The first-order valence-corrected chi connectivity index (χ1v) is 12.1. The Labute approximate surface area is 230 Å². The third-order valence-electron chi connectivity index (χ3n) is 5.99. The fraction of sp³-hybridized carbons (Fsp3) is 0.167. The normalized spacial score (nSPS) is 11.4. The SMILES string of the molecule is COc1cc(C=CC(=NO)c2ccc(NC(=O)COc3ccc4c(C)cc(=O)oc4c3)cc2)cc(OC)c1OC. The number of fused-ring (bicyclic) bond motifs is 1. The zero-order valence-corrected chi connectivity index (χ0v) is 22.4. The summed E-state index contributed by atoms with van der Waals surface area (Å²) in [5.41, 5.74) is 2.92. The van der Waals surface area contributed by atoms with Crippen LogP contribution in [0.25, 0.3) is 17.0 Å².